The molecule has 0 saturated carbocycles. The molecule has 2 aromatic rings. The molecule has 0 aromatic carbocycles. The third-order valence-electron chi connectivity index (χ3n) is 2.62. The van der Waals surface area contributed by atoms with E-state index in [2.05, 4.69) is 20.4 Å². The minimum Gasteiger partial charge on any atom is -0.383 e. The lowest BCUT2D eigenvalue weighted by atomic mass is 10.3. The third kappa shape index (κ3) is 4.23. The lowest BCUT2D eigenvalue weighted by molar-refractivity contribution is -0.137. The summed E-state index contributed by atoms with van der Waals surface area (Å²) in [6.45, 7) is 1.83. The molecule has 2 heterocycles. The topological polar surface area (TPSA) is 64.9 Å². The molecule has 0 amide bonds. The van der Waals surface area contributed by atoms with Crippen LogP contribution in [0.4, 0.5) is 13.2 Å². The van der Waals surface area contributed by atoms with Crippen molar-refractivity contribution in [3.63, 3.8) is 0 Å². The van der Waals surface area contributed by atoms with Gasteiger partial charge in [-0.1, -0.05) is 0 Å². The Morgan fingerprint density at radius 1 is 1.24 bits per heavy atom. The van der Waals surface area contributed by atoms with Gasteiger partial charge in [-0.2, -0.15) is 18.3 Å². The van der Waals surface area contributed by atoms with Gasteiger partial charge in [0.05, 0.1) is 18.4 Å². The van der Waals surface area contributed by atoms with Crippen LogP contribution in [0.2, 0.25) is 0 Å². The van der Waals surface area contributed by atoms with Crippen LogP contribution in [0.3, 0.4) is 0 Å². The van der Waals surface area contributed by atoms with Crippen molar-refractivity contribution in [1.29, 1.82) is 0 Å². The molecule has 0 unspecified atom stereocenters. The van der Waals surface area contributed by atoms with Gasteiger partial charge in [0.2, 0.25) is 5.95 Å². The Kier molecular flexibility index (Phi) is 4.86. The molecule has 114 valence electrons. The monoisotopic (exact) mass is 301 g/mol. The minimum absolute atomic E-state index is 0.0890. The summed E-state index contributed by atoms with van der Waals surface area (Å²) in [5.41, 5.74) is -0.0190. The normalized spacial score (nSPS) is 11.8. The molecule has 0 spiro atoms. The highest BCUT2D eigenvalue weighted by Crippen LogP contribution is 2.28. The highest BCUT2D eigenvalue weighted by molar-refractivity contribution is 5.18. The zero-order valence-electron chi connectivity index (χ0n) is 11.3. The summed E-state index contributed by atoms with van der Waals surface area (Å²) in [6, 6.07) is 0. The van der Waals surface area contributed by atoms with Crippen molar-refractivity contribution in [1.82, 2.24) is 25.1 Å². The number of hydrogen-bond acceptors (Lipinski definition) is 5. The molecule has 9 heteroatoms. The molecule has 0 atom stereocenters. The smallest absolute Gasteiger partial charge is 0.383 e. The van der Waals surface area contributed by atoms with E-state index in [1.807, 2.05) is 0 Å². The Morgan fingerprint density at radius 2 is 1.95 bits per heavy atom. The standard InChI is InChI=1S/C12H14F3N5O/c1-21-3-2-16-4-9-5-17-11(18-6-9)20-8-10(7-19-20)12(13,14)15/h5-8,16H,2-4H2,1H3. The molecule has 0 aliphatic heterocycles. The van der Waals surface area contributed by atoms with E-state index in [4.69, 9.17) is 4.74 Å². The first kappa shape index (κ1) is 15.4. The van der Waals surface area contributed by atoms with Crippen LogP contribution >= 0.6 is 0 Å². The van der Waals surface area contributed by atoms with Gasteiger partial charge in [-0.05, 0) is 0 Å². The number of alkyl halides is 3. The first-order valence-corrected chi connectivity index (χ1v) is 6.13. The van der Waals surface area contributed by atoms with E-state index in [1.165, 1.54) is 12.4 Å². The van der Waals surface area contributed by atoms with Gasteiger partial charge < -0.3 is 10.1 Å². The van der Waals surface area contributed by atoms with Crippen molar-refractivity contribution in [3.05, 3.63) is 35.9 Å². The third-order valence-corrected chi connectivity index (χ3v) is 2.62. The van der Waals surface area contributed by atoms with Crippen molar-refractivity contribution in [2.24, 2.45) is 0 Å². The van der Waals surface area contributed by atoms with Crippen LogP contribution in [-0.2, 0) is 17.5 Å². The summed E-state index contributed by atoms with van der Waals surface area (Å²) in [7, 11) is 1.61. The molecule has 1 N–H and O–H groups in total. The maximum atomic E-state index is 12.5. The molecule has 0 bridgehead atoms. The Labute approximate surface area is 119 Å². The summed E-state index contributed by atoms with van der Waals surface area (Å²) in [4.78, 5) is 7.99. The maximum Gasteiger partial charge on any atom is 0.419 e. The van der Waals surface area contributed by atoms with E-state index in [0.717, 1.165) is 22.6 Å². The molecule has 0 aliphatic carbocycles. The van der Waals surface area contributed by atoms with Gasteiger partial charge in [-0.25, -0.2) is 14.6 Å². The van der Waals surface area contributed by atoms with Gasteiger partial charge in [0.15, 0.2) is 0 Å². The fraction of sp³-hybridized carbons (Fsp3) is 0.417. The molecule has 2 aromatic heterocycles. The molecule has 0 aliphatic rings. The highest BCUT2D eigenvalue weighted by atomic mass is 19.4. The second-order valence-corrected chi connectivity index (χ2v) is 4.23. The molecule has 0 radical (unpaired) electrons. The van der Waals surface area contributed by atoms with Crippen LogP contribution in [0.1, 0.15) is 11.1 Å². The molecule has 2 rings (SSSR count). The number of aromatic nitrogens is 4. The van der Waals surface area contributed by atoms with Crippen molar-refractivity contribution in [2.75, 3.05) is 20.3 Å². The maximum absolute atomic E-state index is 12.5. The molecule has 21 heavy (non-hydrogen) atoms. The summed E-state index contributed by atoms with van der Waals surface area (Å²) < 4.78 is 43.3. The molecular formula is C12H14F3N5O. The summed E-state index contributed by atoms with van der Waals surface area (Å²) in [6.07, 6.45) is 0.243. The summed E-state index contributed by atoms with van der Waals surface area (Å²) >= 11 is 0. The summed E-state index contributed by atoms with van der Waals surface area (Å²) in [5, 5.41) is 6.72. The fourth-order valence-electron chi connectivity index (χ4n) is 1.54. The first-order valence-electron chi connectivity index (χ1n) is 6.13. The predicted molar refractivity (Wildman–Crippen MR) is 67.7 cm³/mol. The number of methoxy groups -OCH3 is 1. The Morgan fingerprint density at radius 3 is 2.52 bits per heavy atom. The number of hydrogen-bond donors (Lipinski definition) is 1. The van der Waals surface area contributed by atoms with Crippen molar-refractivity contribution >= 4 is 0 Å². The van der Waals surface area contributed by atoms with Crippen LogP contribution in [0.15, 0.2) is 24.8 Å². The van der Waals surface area contributed by atoms with Crippen molar-refractivity contribution in [3.8, 4) is 5.95 Å². The second kappa shape index (κ2) is 6.64. The van der Waals surface area contributed by atoms with E-state index in [0.29, 0.717) is 19.7 Å². The average Bonchev–Trinajstić information content (AvgIpc) is 2.94. The largest absolute Gasteiger partial charge is 0.419 e. The Bertz CT molecular complexity index is 567. The van der Waals surface area contributed by atoms with Crippen molar-refractivity contribution in [2.45, 2.75) is 12.7 Å². The zero-order valence-corrected chi connectivity index (χ0v) is 11.3. The van der Waals surface area contributed by atoms with Crippen LogP contribution in [0, 0.1) is 0 Å². The Hall–Kier alpha value is -2.00. The number of halogens is 3. The van der Waals surface area contributed by atoms with Gasteiger partial charge in [-0.3, -0.25) is 0 Å². The van der Waals surface area contributed by atoms with Crippen molar-refractivity contribution < 1.29 is 17.9 Å². The zero-order chi connectivity index (χ0) is 15.3. The van der Waals surface area contributed by atoms with Gasteiger partial charge >= 0.3 is 6.18 Å². The Balaban J connectivity index is 2.00. The van der Waals surface area contributed by atoms with E-state index < -0.39 is 11.7 Å². The average molecular weight is 301 g/mol. The van der Waals surface area contributed by atoms with Crippen LogP contribution in [0.25, 0.3) is 5.95 Å². The quantitative estimate of drug-likeness (QED) is 0.817. The van der Waals surface area contributed by atoms with E-state index in [1.54, 1.807) is 7.11 Å². The number of rotatable bonds is 6. The minimum atomic E-state index is -4.43. The highest BCUT2D eigenvalue weighted by Gasteiger charge is 2.32. The number of ether oxygens (including phenoxy) is 1. The van der Waals surface area contributed by atoms with E-state index in [-0.39, 0.29) is 5.95 Å². The van der Waals surface area contributed by atoms with E-state index >= 15 is 0 Å². The molecular weight excluding hydrogens is 287 g/mol. The molecule has 6 nitrogen and oxygen atoms in total. The van der Waals surface area contributed by atoms with Gasteiger partial charge in [-0.15, -0.1) is 0 Å². The molecule has 0 saturated heterocycles. The number of nitrogens with zero attached hydrogens (tertiary/aromatic N) is 4. The first-order chi connectivity index (χ1) is 10.0. The fourth-order valence-corrected chi connectivity index (χ4v) is 1.54. The van der Waals surface area contributed by atoms with Crippen LogP contribution in [-0.4, -0.2) is 40.0 Å². The predicted octanol–water partition coefficient (Wildman–Crippen LogP) is 1.42. The lowest BCUT2D eigenvalue weighted by Gasteiger charge is -2.04. The van der Waals surface area contributed by atoms with Crippen LogP contribution < -0.4 is 5.32 Å². The number of nitrogens with one attached hydrogen (secondary N) is 1. The SMILES string of the molecule is COCCNCc1cnc(-n2cc(C(F)(F)F)cn2)nc1. The van der Waals surface area contributed by atoms with E-state index in [9.17, 15) is 13.2 Å². The lowest BCUT2D eigenvalue weighted by Crippen LogP contribution is -2.18. The summed E-state index contributed by atoms with van der Waals surface area (Å²) in [5.74, 6) is 0.0890. The van der Waals surface area contributed by atoms with Gasteiger partial charge in [0.1, 0.15) is 0 Å². The van der Waals surface area contributed by atoms with Crippen LogP contribution in [0.5, 0.6) is 0 Å². The second-order valence-electron chi connectivity index (χ2n) is 4.23. The van der Waals surface area contributed by atoms with Gasteiger partial charge in [0, 0.05) is 44.4 Å². The van der Waals surface area contributed by atoms with Gasteiger partial charge in [0.25, 0.3) is 0 Å². The molecule has 0 fully saturated rings.